The first-order valence-corrected chi connectivity index (χ1v) is 9.35. The van der Waals surface area contributed by atoms with Crippen LogP contribution in [-0.4, -0.2) is 15.0 Å². The molecule has 144 valence electrons. The van der Waals surface area contributed by atoms with Crippen LogP contribution in [0.4, 0.5) is 11.8 Å². The first-order chi connectivity index (χ1) is 14.1. The maximum absolute atomic E-state index is 6.24. The Kier molecular flexibility index (Phi) is 5.18. The summed E-state index contributed by atoms with van der Waals surface area (Å²) in [7, 11) is 0. The third-order valence-corrected chi connectivity index (χ3v) is 4.74. The zero-order valence-corrected chi connectivity index (χ0v) is 15.9. The lowest BCUT2D eigenvalue weighted by Gasteiger charge is -2.13. The number of nitrogens with zero attached hydrogens (tertiary/aromatic N) is 3. The topological polar surface area (TPSA) is 117 Å². The minimum Gasteiger partial charge on any atom is -0.383 e. The van der Waals surface area contributed by atoms with Gasteiger partial charge in [-0.2, -0.15) is 4.98 Å². The van der Waals surface area contributed by atoms with Crippen LogP contribution < -0.4 is 17.2 Å². The average molecular weight is 382 g/mol. The number of rotatable bonds is 5. The van der Waals surface area contributed by atoms with Gasteiger partial charge in [-0.3, -0.25) is 4.98 Å². The third-order valence-electron chi connectivity index (χ3n) is 4.74. The lowest BCUT2D eigenvalue weighted by atomic mass is 9.97. The second-order valence-corrected chi connectivity index (χ2v) is 6.79. The molecule has 0 aliphatic carbocycles. The quantitative estimate of drug-likeness (QED) is 0.487. The van der Waals surface area contributed by atoms with Crippen molar-refractivity contribution in [3.05, 3.63) is 89.7 Å². The molecule has 2 heterocycles. The number of aromatic nitrogens is 3. The molecule has 0 bridgehead atoms. The minimum atomic E-state index is 0.162. The van der Waals surface area contributed by atoms with E-state index in [0.29, 0.717) is 12.4 Å². The van der Waals surface area contributed by atoms with E-state index in [-0.39, 0.29) is 5.95 Å². The normalized spacial score (nSPS) is 10.8. The van der Waals surface area contributed by atoms with Crippen molar-refractivity contribution < 1.29 is 0 Å². The molecule has 0 fully saturated rings. The Bertz CT molecular complexity index is 1120. The standard InChI is InChI=1S/C23H22N6/c24-14-19-13-16(10-11-27-19)12-15-6-8-17(9-7-15)20-21(18-4-2-1-3-5-18)28-23(26)29-22(20)25/h1-11,13H,12,14,24H2,(H4,25,26,28,29). The lowest BCUT2D eigenvalue weighted by molar-refractivity contribution is 0.976. The van der Waals surface area contributed by atoms with Crippen LogP contribution in [0.25, 0.3) is 22.4 Å². The Balaban J connectivity index is 1.69. The molecule has 4 rings (SSSR count). The zero-order valence-electron chi connectivity index (χ0n) is 15.9. The van der Waals surface area contributed by atoms with Crippen molar-refractivity contribution in [2.24, 2.45) is 5.73 Å². The predicted molar refractivity (Wildman–Crippen MR) is 117 cm³/mol. The predicted octanol–water partition coefficient (Wildman–Crippen LogP) is 3.42. The van der Waals surface area contributed by atoms with Crippen LogP contribution in [0.15, 0.2) is 72.9 Å². The summed E-state index contributed by atoms with van der Waals surface area (Å²) in [5.41, 5.74) is 24.4. The first-order valence-electron chi connectivity index (χ1n) is 9.35. The molecule has 0 saturated carbocycles. The van der Waals surface area contributed by atoms with Gasteiger partial charge < -0.3 is 17.2 Å². The maximum Gasteiger partial charge on any atom is 0.222 e. The Morgan fingerprint density at radius 1 is 0.759 bits per heavy atom. The zero-order chi connectivity index (χ0) is 20.2. The molecular weight excluding hydrogens is 360 g/mol. The first kappa shape index (κ1) is 18.6. The molecule has 2 aromatic carbocycles. The van der Waals surface area contributed by atoms with Crippen molar-refractivity contribution in [3.8, 4) is 22.4 Å². The van der Waals surface area contributed by atoms with Gasteiger partial charge in [0.05, 0.1) is 17.0 Å². The summed E-state index contributed by atoms with van der Waals surface area (Å²) in [5.74, 6) is 0.529. The van der Waals surface area contributed by atoms with Gasteiger partial charge in [0.1, 0.15) is 5.82 Å². The van der Waals surface area contributed by atoms with E-state index in [4.69, 9.17) is 17.2 Å². The van der Waals surface area contributed by atoms with E-state index >= 15 is 0 Å². The summed E-state index contributed by atoms with van der Waals surface area (Å²) >= 11 is 0. The molecule has 0 saturated heterocycles. The number of hydrogen-bond acceptors (Lipinski definition) is 6. The van der Waals surface area contributed by atoms with E-state index in [2.05, 4.69) is 27.1 Å². The van der Waals surface area contributed by atoms with Crippen molar-refractivity contribution in [3.63, 3.8) is 0 Å². The van der Waals surface area contributed by atoms with Gasteiger partial charge in [-0.1, -0.05) is 54.6 Å². The molecule has 0 unspecified atom stereocenters. The van der Waals surface area contributed by atoms with E-state index in [1.807, 2.05) is 54.6 Å². The molecule has 0 aliphatic heterocycles. The van der Waals surface area contributed by atoms with E-state index < -0.39 is 0 Å². The number of anilines is 2. The molecule has 4 aromatic rings. The van der Waals surface area contributed by atoms with E-state index in [9.17, 15) is 0 Å². The number of pyridine rings is 1. The van der Waals surface area contributed by atoms with Gasteiger partial charge >= 0.3 is 0 Å². The van der Waals surface area contributed by atoms with Crippen LogP contribution in [-0.2, 0) is 13.0 Å². The highest BCUT2D eigenvalue weighted by Crippen LogP contribution is 2.35. The van der Waals surface area contributed by atoms with Crippen molar-refractivity contribution in [2.75, 3.05) is 11.5 Å². The second kappa shape index (κ2) is 8.08. The van der Waals surface area contributed by atoms with E-state index in [0.717, 1.165) is 34.5 Å². The molecule has 2 aromatic heterocycles. The molecule has 0 spiro atoms. The summed E-state index contributed by atoms with van der Waals surface area (Å²) < 4.78 is 0. The molecule has 0 aliphatic rings. The number of nitrogen functional groups attached to an aromatic ring is 2. The van der Waals surface area contributed by atoms with Gasteiger partial charge in [0.2, 0.25) is 5.95 Å². The molecule has 6 nitrogen and oxygen atoms in total. The summed E-state index contributed by atoms with van der Waals surface area (Å²) in [6, 6.07) is 22.1. The fourth-order valence-electron chi connectivity index (χ4n) is 3.36. The van der Waals surface area contributed by atoms with Gasteiger partial charge in [0.25, 0.3) is 0 Å². The Morgan fingerprint density at radius 2 is 1.52 bits per heavy atom. The van der Waals surface area contributed by atoms with E-state index in [1.54, 1.807) is 6.20 Å². The fraction of sp³-hybridized carbons (Fsp3) is 0.0870. The third kappa shape index (κ3) is 4.07. The van der Waals surface area contributed by atoms with Crippen LogP contribution in [0.5, 0.6) is 0 Å². The number of benzene rings is 2. The van der Waals surface area contributed by atoms with Crippen molar-refractivity contribution in [1.29, 1.82) is 0 Å². The monoisotopic (exact) mass is 382 g/mol. The van der Waals surface area contributed by atoms with Crippen molar-refractivity contribution in [2.45, 2.75) is 13.0 Å². The van der Waals surface area contributed by atoms with Crippen LogP contribution in [0.1, 0.15) is 16.8 Å². The van der Waals surface area contributed by atoms with Crippen molar-refractivity contribution in [1.82, 2.24) is 15.0 Å². The summed E-state index contributed by atoms with van der Waals surface area (Å²) in [5, 5.41) is 0. The Hall–Kier alpha value is -3.77. The van der Waals surface area contributed by atoms with Gasteiger partial charge in [0.15, 0.2) is 0 Å². The smallest absolute Gasteiger partial charge is 0.222 e. The van der Waals surface area contributed by atoms with Crippen molar-refractivity contribution >= 4 is 11.8 Å². The number of hydrogen-bond donors (Lipinski definition) is 3. The van der Waals surface area contributed by atoms with Crippen LogP contribution in [0, 0.1) is 0 Å². The average Bonchev–Trinajstić information content (AvgIpc) is 2.75. The SMILES string of the molecule is NCc1cc(Cc2ccc(-c3c(N)nc(N)nc3-c3ccccc3)cc2)ccn1. The van der Waals surface area contributed by atoms with Crippen LogP contribution >= 0.6 is 0 Å². The molecule has 29 heavy (non-hydrogen) atoms. The molecule has 0 amide bonds. The highest BCUT2D eigenvalue weighted by atomic mass is 15.0. The fourth-order valence-corrected chi connectivity index (χ4v) is 3.36. The minimum absolute atomic E-state index is 0.162. The summed E-state index contributed by atoms with van der Waals surface area (Å²) in [6.07, 6.45) is 2.60. The van der Waals surface area contributed by atoms with Gasteiger partial charge in [-0.15, -0.1) is 0 Å². The molecule has 6 heteroatoms. The summed E-state index contributed by atoms with van der Waals surface area (Å²) in [6.45, 7) is 0.436. The largest absolute Gasteiger partial charge is 0.383 e. The lowest BCUT2D eigenvalue weighted by Crippen LogP contribution is -2.04. The molecule has 6 N–H and O–H groups in total. The maximum atomic E-state index is 6.24. The van der Waals surface area contributed by atoms with Crippen LogP contribution in [0.3, 0.4) is 0 Å². The molecular formula is C23H22N6. The highest BCUT2D eigenvalue weighted by molar-refractivity contribution is 5.88. The second-order valence-electron chi connectivity index (χ2n) is 6.79. The summed E-state index contributed by atoms with van der Waals surface area (Å²) in [4.78, 5) is 12.9. The Morgan fingerprint density at radius 3 is 2.24 bits per heavy atom. The molecule has 0 atom stereocenters. The van der Waals surface area contributed by atoms with Gasteiger partial charge in [-0.25, -0.2) is 4.98 Å². The number of nitrogens with two attached hydrogens (primary N) is 3. The Labute approximate surface area is 169 Å². The van der Waals surface area contributed by atoms with Gasteiger partial charge in [-0.05, 0) is 35.2 Å². The van der Waals surface area contributed by atoms with Crippen LogP contribution in [0.2, 0.25) is 0 Å². The van der Waals surface area contributed by atoms with Gasteiger partial charge in [0, 0.05) is 18.3 Å². The molecule has 0 radical (unpaired) electrons. The van der Waals surface area contributed by atoms with E-state index in [1.165, 1.54) is 11.1 Å². The highest BCUT2D eigenvalue weighted by Gasteiger charge is 2.15.